The van der Waals surface area contributed by atoms with Gasteiger partial charge in [-0.2, -0.15) is 0 Å². The molecule has 0 N–H and O–H groups in total. The highest BCUT2D eigenvalue weighted by molar-refractivity contribution is 9.09. The molecule has 0 bridgehead atoms. The Morgan fingerprint density at radius 2 is 1.65 bits per heavy atom. The van der Waals surface area contributed by atoms with Crippen molar-refractivity contribution in [3.8, 4) is 5.75 Å². The second-order valence-corrected chi connectivity index (χ2v) is 5.72. The Morgan fingerprint density at radius 3 is 2.18 bits per heavy atom. The maximum absolute atomic E-state index is 5.58. The normalized spacial score (nSPS) is 11.5. The zero-order valence-corrected chi connectivity index (χ0v) is 12.4. The molecule has 1 aromatic carbocycles. The van der Waals surface area contributed by atoms with E-state index in [1.165, 1.54) is 5.56 Å². The van der Waals surface area contributed by atoms with Crippen LogP contribution in [0.2, 0.25) is 0 Å². The fourth-order valence-corrected chi connectivity index (χ4v) is 1.66. The van der Waals surface area contributed by atoms with E-state index in [0.717, 1.165) is 17.7 Å². The number of halogens is 1. The van der Waals surface area contributed by atoms with Crippen LogP contribution in [0.1, 0.15) is 26.3 Å². The minimum Gasteiger partial charge on any atom is -0.491 e. The van der Waals surface area contributed by atoms with Crippen LogP contribution < -0.4 is 4.74 Å². The Kier molecular flexibility index (Phi) is 6.00. The molecule has 0 saturated carbocycles. The molecule has 0 aromatic heterocycles. The molecule has 0 heterocycles. The molecule has 2 nitrogen and oxygen atoms in total. The van der Waals surface area contributed by atoms with E-state index < -0.39 is 0 Å². The van der Waals surface area contributed by atoms with E-state index in [0.29, 0.717) is 13.2 Å². The van der Waals surface area contributed by atoms with Crippen molar-refractivity contribution in [2.45, 2.75) is 26.2 Å². The second kappa shape index (κ2) is 7.02. The highest BCUT2D eigenvalue weighted by Crippen LogP contribution is 2.24. The molecule has 0 unspecified atom stereocenters. The van der Waals surface area contributed by atoms with E-state index in [1.807, 2.05) is 12.1 Å². The number of hydrogen-bond acceptors (Lipinski definition) is 2. The maximum atomic E-state index is 5.58. The predicted molar refractivity (Wildman–Crippen MR) is 75.3 cm³/mol. The lowest BCUT2D eigenvalue weighted by molar-refractivity contribution is 0.112. The van der Waals surface area contributed by atoms with Gasteiger partial charge in [-0.1, -0.05) is 48.8 Å². The lowest BCUT2D eigenvalue weighted by Crippen LogP contribution is -2.11. The van der Waals surface area contributed by atoms with Crippen molar-refractivity contribution in [1.82, 2.24) is 0 Å². The number of rotatable bonds is 6. The molecule has 0 fully saturated rings. The van der Waals surface area contributed by atoms with Crippen LogP contribution in [-0.2, 0) is 10.2 Å². The summed E-state index contributed by atoms with van der Waals surface area (Å²) in [6, 6.07) is 8.28. The average Bonchev–Trinajstić information content (AvgIpc) is 2.28. The molecule has 0 aliphatic carbocycles. The highest BCUT2D eigenvalue weighted by Gasteiger charge is 2.12. The number of benzene rings is 1. The van der Waals surface area contributed by atoms with Gasteiger partial charge in [-0.15, -0.1) is 0 Å². The summed E-state index contributed by atoms with van der Waals surface area (Å²) in [5.74, 6) is 0.903. The topological polar surface area (TPSA) is 18.5 Å². The summed E-state index contributed by atoms with van der Waals surface area (Å²) in [5.41, 5.74) is 1.51. The summed E-state index contributed by atoms with van der Waals surface area (Å²) < 4.78 is 10.9. The van der Waals surface area contributed by atoms with Gasteiger partial charge in [-0.3, -0.25) is 0 Å². The lowest BCUT2D eigenvalue weighted by Gasteiger charge is -2.19. The molecule has 0 aliphatic heterocycles. The van der Waals surface area contributed by atoms with Gasteiger partial charge in [0.25, 0.3) is 0 Å². The second-order valence-electron chi connectivity index (χ2n) is 4.92. The first-order valence-electron chi connectivity index (χ1n) is 5.91. The molecule has 17 heavy (non-hydrogen) atoms. The average molecular weight is 301 g/mol. The van der Waals surface area contributed by atoms with Gasteiger partial charge in [-0.25, -0.2) is 0 Å². The zero-order valence-electron chi connectivity index (χ0n) is 10.8. The minimum atomic E-state index is 0.192. The molecular weight excluding hydrogens is 280 g/mol. The van der Waals surface area contributed by atoms with Crippen LogP contribution in [0.4, 0.5) is 0 Å². The van der Waals surface area contributed by atoms with Crippen LogP contribution in [0, 0.1) is 0 Å². The standard InChI is InChI=1S/C14H21BrO2/c1-14(2,3)12-4-6-13(7-5-12)17-11-10-16-9-8-15/h4-7H,8-11H2,1-3H3. The van der Waals surface area contributed by atoms with Crippen LogP contribution in [0.15, 0.2) is 24.3 Å². The Hall–Kier alpha value is -0.540. The molecule has 0 amide bonds. The monoisotopic (exact) mass is 300 g/mol. The molecule has 1 aromatic rings. The number of alkyl halides is 1. The van der Waals surface area contributed by atoms with Gasteiger partial charge in [0.05, 0.1) is 13.2 Å². The van der Waals surface area contributed by atoms with Crippen molar-refractivity contribution in [3.05, 3.63) is 29.8 Å². The van der Waals surface area contributed by atoms with Crippen molar-refractivity contribution in [2.24, 2.45) is 0 Å². The molecule has 96 valence electrons. The quantitative estimate of drug-likeness (QED) is 0.588. The lowest BCUT2D eigenvalue weighted by atomic mass is 9.87. The Labute approximate surface area is 112 Å². The van der Waals surface area contributed by atoms with Gasteiger partial charge >= 0.3 is 0 Å². The van der Waals surface area contributed by atoms with E-state index in [9.17, 15) is 0 Å². The van der Waals surface area contributed by atoms with Crippen LogP contribution in [0.25, 0.3) is 0 Å². The first-order chi connectivity index (χ1) is 8.04. The third kappa shape index (κ3) is 5.55. The predicted octanol–water partition coefficient (Wildman–Crippen LogP) is 3.77. The van der Waals surface area contributed by atoms with Crippen LogP contribution >= 0.6 is 15.9 Å². The van der Waals surface area contributed by atoms with E-state index in [-0.39, 0.29) is 5.41 Å². The van der Waals surface area contributed by atoms with E-state index in [1.54, 1.807) is 0 Å². The summed E-state index contributed by atoms with van der Waals surface area (Å²) >= 11 is 3.31. The summed E-state index contributed by atoms with van der Waals surface area (Å²) in [5, 5.41) is 0.868. The number of ether oxygens (including phenoxy) is 2. The zero-order chi connectivity index (χ0) is 12.7. The van der Waals surface area contributed by atoms with Crippen LogP contribution in [0.5, 0.6) is 5.75 Å². The van der Waals surface area contributed by atoms with Gasteiger partial charge in [0, 0.05) is 5.33 Å². The molecule has 0 radical (unpaired) electrons. The fourth-order valence-electron chi connectivity index (χ4n) is 1.43. The van der Waals surface area contributed by atoms with Gasteiger partial charge in [0.2, 0.25) is 0 Å². The largest absolute Gasteiger partial charge is 0.491 e. The number of hydrogen-bond donors (Lipinski definition) is 0. The molecular formula is C14H21BrO2. The third-order valence-corrected chi connectivity index (χ3v) is 2.76. The first-order valence-corrected chi connectivity index (χ1v) is 7.03. The minimum absolute atomic E-state index is 0.192. The van der Waals surface area contributed by atoms with E-state index >= 15 is 0 Å². The first kappa shape index (κ1) is 14.5. The summed E-state index contributed by atoms with van der Waals surface area (Å²) in [7, 11) is 0. The SMILES string of the molecule is CC(C)(C)c1ccc(OCCOCCBr)cc1. The van der Waals surface area contributed by atoms with Crippen molar-refractivity contribution in [3.63, 3.8) is 0 Å². The Morgan fingerprint density at radius 1 is 1.00 bits per heavy atom. The molecule has 0 saturated heterocycles. The van der Waals surface area contributed by atoms with Crippen molar-refractivity contribution >= 4 is 15.9 Å². The Bertz CT molecular complexity index is 314. The van der Waals surface area contributed by atoms with Gasteiger partial charge in [0.1, 0.15) is 12.4 Å². The summed E-state index contributed by atoms with van der Waals surface area (Å²) in [6.07, 6.45) is 0. The van der Waals surface area contributed by atoms with Gasteiger partial charge in [-0.05, 0) is 23.1 Å². The van der Waals surface area contributed by atoms with Gasteiger partial charge in [0.15, 0.2) is 0 Å². The maximum Gasteiger partial charge on any atom is 0.119 e. The molecule has 0 atom stereocenters. The van der Waals surface area contributed by atoms with Crippen LogP contribution in [0.3, 0.4) is 0 Å². The summed E-state index contributed by atoms with van der Waals surface area (Å²) in [6.45, 7) is 8.58. The summed E-state index contributed by atoms with van der Waals surface area (Å²) in [4.78, 5) is 0. The van der Waals surface area contributed by atoms with E-state index in [2.05, 4.69) is 48.8 Å². The van der Waals surface area contributed by atoms with Crippen molar-refractivity contribution in [2.75, 3.05) is 25.2 Å². The van der Waals surface area contributed by atoms with Crippen molar-refractivity contribution in [1.29, 1.82) is 0 Å². The van der Waals surface area contributed by atoms with Crippen LogP contribution in [-0.4, -0.2) is 25.2 Å². The smallest absolute Gasteiger partial charge is 0.119 e. The Balaban J connectivity index is 2.36. The van der Waals surface area contributed by atoms with Gasteiger partial charge < -0.3 is 9.47 Å². The molecule has 0 aliphatic rings. The molecule has 1 rings (SSSR count). The highest BCUT2D eigenvalue weighted by atomic mass is 79.9. The fraction of sp³-hybridized carbons (Fsp3) is 0.571. The molecule has 3 heteroatoms. The molecule has 0 spiro atoms. The van der Waals surface area contributed by atoms with Crippen molar-refractivity contribution < 1.29 is 9.47 Å². The third-order valence-electron chi connectivity index (χ3n) is 2.44. The van der Waals surface area contributed by atoms with E-state index in [4.69, 9.17) is 9.47 Å².